The number of hydrogen-bond donors (Lipinski definition) is 0. The van der Waals surface area contributed by atoms with Crippen LogP contribution < -0.4 is 0 Å². The van der Waals surface area contributed by atoms with Crippen molar-refractivity contribution in [2.24, 2.45) is 0 Å². The predicted molar refractivity (Wildman–Crippen MR) is 139 cm³/mol. The first-order valence-corrected chi connectivity index (χ1v) is 11.4. The van der Waals surface area contributed by atoms with Crippen molar-refractivity contribution < 1.29 is 4.42 Å². The van der Waals surface area contributed by atoms with Crippen LogP contribution in [-0.2, 0) is 0 Å². The number of para-hydroxylation sites is 2. The van der Waals surface area contributed by atoms with Gasteiger partial charge in [0.05, 0.1) is 21.6 Å². The summed E-state index contributed by atoms with van der Waals surface area (Å²) in [6.45, 7) is 0. The van der Waals surface area contributed by atoms with Crippen LogP contribution in [0.25, 0.3) is 71.2 Å². The molecular weight excluding hydrogens is 426 g/mol. The second-order valence-corrected chi connectivity index (χ2v) is 9.12. The standard InChI is InChI=1S/C30H16ClNO/c31-24-8-4-10-28-29(24)23-16-18(12-14-27(23)33-28)17-11-13-26-22(15-17)21-7-3-6-20-19-5-1-2-9-25(19)32(26)30(20)21/h1-16H. The SMILES string of the molecule is Clc1cccc2oc3ccc(-c4ccc5c(c4)c4cccc6c7ccccc7n5c64)cc3c12. The average molecular weight is 442 g/mol. The van der Waals surface area contributed by atoms with E-state index < -0.39 is 0 Å². The van der Waals surface area contributed by atoms with Gasteiger partial charge >= 0.3 is 0 Å². The first-order valence-electron chi connectivity index (χ1n) is 11.1. The summed E-state index contributed by atoms with van der Waals surface area (Å²) in [5.41, 5.74) is 7.81. The van der Waals surface area contributed by atoms with E-state index in [9.17, 15) is 0 Å². The van der Waals surface area contributed by atoms with Gasteiger partial charge in [-0.3, -0.25) is 0 Å². The van der Waals surface area contributed by atoms with Gasteiger partial charge in [0.1, 0.15) is 11.2 Å². The quantitative estimate of drug-likeness (QED) is 0.248. The smallest absolute Gasteiger partial charge is 0.136 e. The molecule has 0 unspecified atom stereocenters. The number of benzene rings is 5. The third-order valence-electron chi connectivity index (χ3n) is 7.00. The topological polar surface area (TPSA) is 17.6 Å². The molecule has 0 N–H and O–H groups in total. The van der Waals surface area contributed by atoms with Crippen LogP contribution in [0.2, 0.25) is 5.02 Å². The molecular formula is C30H16ClNO. The minimum atomic E-state index is 0.718. The Bertz CT molecular complexity index is 2040. The normalized spacial score (nSPS) is 12.4. The van der Waals surface area contributed by atoms with Crippen molar-refractivity contribution >= 4 is 71.6 Å². The molecule has 0 amide bonds. The van der Waals surface area contributed by atoms with E-state index in [-0.39, 0.29) is 0 Å². The van der Waals surface area contributed by atoms with Gasteiger partial charge in [0, 0.05) is 32.3 Å². The predicted octanol–water partition coefficient (Wildman–Crippen LogP) is 9.06. The molecule has 154 valence electrons. The molecule has 0 atom stereocenters. The van der Waals surface area contributed by atoms with E-state index in [1.807, 2.05) is 24.3 Å². The van der Waals surface area contributed by atoms with Crippen molar-refractivity contribution in [1.29, 1.82) is 0 Å². The van der Waals surface area contributed by atoms with E-state index in [0.717, 1.165) is 32.5 Å². The van der Waals surface area contributed by atoms with Crippen LogP contribution in [0.1, 0.15) is 0 Å². The zero-order valence-electron chi connectivity index (χ0n) is 17.5. The van der Waals surface area contributed by atoms with Gasteiger partial charge in [0.2, 0.25) is 0 Å². The number of halogens is 1. The maximum atomic E-state index is 6.52. The molecule has 33 heavy (non-hydrogen) atoms. The number of rotatable bonds is 1. The Balaban J connectivity index is 1.44. The van der Waals surface area contributed by atoms with E-state index in [4.69, 9.17) is 16.0 Å². The van der Waals surface area contributed by atoms with Gasteiger partial charge in [-0.2, -0.15) is 0 Å². The molecule has 5 aromatic carbocycles. The zero-order valence-corrected chi connectivity index (χ0v) is 18.2. The number of fused-ring (bicyclic) bond motifs is 9. The van der Waals surface area contributed by atoms with E-state index in [1.165, 1.54) is 43.7 Å². The second kappa shape index (κ2) is 6.06. The summed E-state index contributed by atoms with van der Waals surface area (Å²) in [5, 5.41) is 7.92. The van der Waals surface area contributed by atoms with Crippen molar-refractivity contribution in [1.82, 2.24) is 4.40 Å². The van der Waals surface area contributed by atoms with Crippen LogP contribution >= 0.6 is 11.6 Å². The summed E-state index contributed by atoms with van der Waals surface area (Å²) in [5.74, 6) is 0. The molecule has 0 saturated carbocycles. The highest BCUT2D eigenvalue weighted by atomic mass is 35.5. The van der Waals surface area contributed by atoms with Gasteiger partial charge in [0.25, 0.3) is 0 Å². The van der Waals surface area contributed by atoms with Gasteiger partial charge in [-0.05, 0) is 53.6 Å². The van der Waals surface area contributed by atoms with Crippen molar-refractivity contribution in [3.05, 3.63) is 102 Å². The van der Waals surface area contributed by atoms with E-state index >= 15 is 0 Å². The Morgan fingerprint density at radius 2 is 1.24 bits per heavy atom. The lowest BCUT2D eigenvalue weighted by molar-refractivity contribution is 0.669. The molecule has 0 saturated heterocycles. The van der Waals surface area contributed by atoms with Crippen LogP contribution in [0.3, 0.4) is 0 Å². The molecule has 3 heterocycles. The van der Waals surface area contributed by atoms with Crippen LogP contribution in [0, 0.1) is 0 Å². The fourth-order valence-corrected chi connectivity index (χ4v) is 5.84. The van der Waals surface area contributed by atoms with Crippen molar-refractivity contribution in [3.63, 3.8) is 0 Å². The number of aromatic nitrogens is 1. The summed E-state index contributed by atoms with van der Waals surface area (Å²) in [6.07, 6.45) is 0. The van der Waals surface area contributed by atoms with Crippen LogP contribution in [0.5, 0.6) is 0 Å². The Hall–Kier alpha value is -4.01. The molecule has 0 spiro atoms. The van der Waals surface area contributed by atoms with Gasteiger partial charge in [-0.1, -0.05) is 66.2 Å². The summed E-state index contributed by atoms with van der Waals surface area (Å²) in [7, 11) is 0. The highest BCUT2D eigenvalue weighted by Gasteiger charge is 2.17. The van der Waals surface area contributed by atoms with Crippen molar-refractivity contribution in [2.75, 3.05) is 0 Å². The number of nitrogens with zero attached hydrogens (tertiary/aromatic N) is 1. The Morgan fingerprint density at radius 1 is 0.545 bits per heavy atom. The Morgan fingerprint density at radius 3 is 2.15 bits per heavy atom. The molecule has 0 bridgehead atoms. The Kier molecular flexibility index (Phi) is 3.22. The van der Waals surface area contributed by atoms with Crippen molar-refractivity contribution in [3.8, 4) is 11.1 Å². The lowest BCUT2D eigenvalue weighted by Gasteiger charge is -2.04. The first kappa shape index (κ1) is 17.5. The molecule has 0 aliphatic carbocycles. The van der Waals surface area contributed by atoms with E-state index in [1.54, 1.807) is 0 Å². The average Bonchev–Trinajstić information content (AvgIpc) is 3.50. The maximum Gasteiger partial charge on any atom is 0.136 e. The van der Waals surface area contributed by atoms with Crippen LogP contribution in [-0.4, -0.2) is 4.40 Å². The van der Waals surface area contributed by atoms with E-state index in [2.05, 4.69) is 77.2 Å². The number of hydrogen-bond acceptors (Lipinski definition) is 1. The fourth-order valence-electron chi connectivity index (χ4n) is 5.58. The third kappa shape index (κ3) is 2.19. The molecule has 3 heteroatoms. The van der Waals surface area contributed by atoms with Crippen LogP contribution in [0.4, 0.5) is 0 Å². The zero-order chi connectivity index (χ0) is 21.7. The maximum absolute atomic E-state index is 6.52. The molecule has 8 rings (SSSR count). The monoisotopic (exact) mass is 441 g/mol. The minimum Gasteiger partial charge on any atom is -0.456 e. The van der Waals surface area contributed by atoms with Crippen molar-refractivity contribution in [2.45, 2.75) is 0 Å². The lowest BCUT2D eigenvalue weighted by Crippen LogP contribution is -1.82. The molecule has 8 aromatic rings. The number of furan rings is 1. The Labute approximate surface area is 193 Å². The first-order chi connectivity index (χ1) is 16.3. The summed E-state index contributed by atoms with van der Waals surface area (Å²) in [4.78, 5) is 0. The minimum absolute atomic E-state index is 0.718. The molecule has 2 nitrogen and oxygen atoms in total. The molecule has 0 aliphatic heterocycles. The van der Waals surface area contributed by atoms with Gasteiger partial charge in [0.15, 0.2) is 0 Å². The molecule has 3 aromatic heterocycles. The third-order valence-corrected chi connectivity index (χ3v) is 7.31. The summed E-state index contributed by atoms with van der Waals surface area (Å²) in [6, 6.07) is 34.3. The highest BCUT2D eigenvalue weighted by molar-refractivity contribution is 6.37. The largest absolute Gasteiger partial charge is 0.456 e. The van der Waals surface area contributed by atoms with Gasteiger partial charge in [-0.15, -0.1) is 0 Å². The summed E-state index contributed by atoms with van der Waals surface area (Å²) >= 11 is 6.52. The van der Waals surface area contributed by atoms with E-state index in [0.29, 0.717) is 0 Å². The van der Waals surface area contributed by atoms with Crippen LogP contribution in [0.15, 0.2) is 101 Å². The lowest BCUT2D eigenvalue weighted by atomic mass is 10.00. The summed E-state index contributed by atoms with van der Waals surface area (Å²) < 4.78 is 8.43. The molecule has 0 radical (unpaired) electrons. The molecule has 0 fully saturated rings. The molecule has 0 aliphatic rings. The fraction of sp³-hybridized carbons (Fsp3) is 0. The second-order valence-electron chi connectivity index (χ2n) is 8.71. The highest BCUT2D eigenvalue weighted by Crippen LogP contribution is 2.41. The van der Waals surface area contributed by atoms with Gasteiger partial charge in [-0.25, -0.2) is 0 Å². The van der Waals surface area contributed by atoms with Gasteiger partial charge < -0.3 is 8.82 Å².